The molecule has 5 aliphatic rings. The van der Waals surface area contributed by atoms with Gasteiger partial charge in [0.2, 0.25) is 5.91 Å². The van der Waals surface area contributed by atoms with Gasteiger partial charge in [-0.2, -0.15) is 10.4 Å². The van der Waals surface area contributed by atoms with Gasteiger partial charge in [0.05, 0.1) is 37.6 Å². The number of fused-ring (bicyclic) bond motifs is 1. The van der Waals surface area contributed by atoms with Crippen LogP contribution in [-0.2, 0) is 23.0 Å². The number of alkyl halides is 2. The summed E-state index contributed by atoms with van der Waals surface area (Å²) in [6.45, 7) is 12.9. The first-order valence-corrected chi connectivity index (χ1v) is 24.6. The molecule has 16 heteroatoms. The van der Waals surface area contributed by atoms with Crippen LogP contribution >= 0.6 is 0 Å². The Bertz CT molecular complexity index is 2700. The fraction of sp³-hybridized carbons (Fsp3) is 0.500. The highest BCUT2D eigenvalue weighted by atomic mass is 19.3. The first-order chi connectivity index (χ1) is 33.4. The minimum absolute atomic E-state index is 0.0557. The van der Waals surface area contributed by atoms with Crippen LogP contribution in [0.3, 0.4) is 0 Å². The van der Waals surface area contributed by atoms with Crippen LogP contribution in [0.2, 0.25) is 0 Å². The molecule has 3 aliphatic heterocycles. The molecule has 0 spiro atoms. The number of carbonyl (C=O) groups excluding carboxylic acids is 2. The lowest BCUT2D eigenvalue weighted by atomic mass is 9.49. The minimum atomic E-state index is -2.70. The third-order valence-electron chi connectivity index (χ3n) is 15.4. The van der Waals surface area contributed by atoms with Crippen LogP contribution in [0.15, 0.2) is 78.3 Å². The van der Waals surface area contributed by atoms with Gasteiger partial charge in [0, 0.05) is 121 Å². The van der Waals surface area contributed by atoms with E-state index < -0.39 is 6.43 Å². The molecule has 2 saturated carbocycles. The van der Waals surface area contributed by atoms with Crippen LogP contribution in [0, 0.1) is 27.6 Å². The lowest BCUT2D eigenvalue weighted by molar-refractivity contribution is -0.164. The van der Waals surface area contributed by atoms with E-state index in [-0.39, 0.29) is 71.0 Å². The Morgan fingerprint density at radius 3 is 2.33 bits per heavy atom. The number of amides is 2. The van der Waals surface area contributed by atoms with E-state index in [4.69, 9.17) is 14.2 Å². The molecule has 3 N–H and O–H groups in total. The number of nitriles is 1. The number of carbonyl (C=O) groups is 2. The van der Waals surface area contributed by atoms with Gasteiger partial charge in [0.15, 0.2) is 0 Å². The minimum Gasteiger partial charge on any atom is -0.495 e. The van der Waals surface area contributed by atoms with E-state index in [0.29, 0.717) is 59.0 Å². The third-order valence-corrected chi connectivity index (χ3v) is 15.4. The van der Waals surface area contributed by atoms with Crippen LogP contribution in [0.5, 0.6) is 11.5 Å². The first kappa shape index (κ1) is 48.5. The quantitative estimate of drug-likeness (QED) is 0.0875. The molecular formula is C54H65F2N9O5. The average Bonchev–Trinajstić information content (AvgIpc) is 3.78. The molecule has 2 amide bonds. The fourth-order valence-corrected chi connectivity index (χ4v) is 11.9. The van der Waals surface area contributed by atoms with Crippen LogP contribution in [-0.4, -0.2) is 103 Å². The highest BCUT2D eigenvalue weighted by molar-refractivity contribution is 6.09. The second-order valence-electron chi connectivity index (χ2n) is 20.9. The van der Waals surface area contributed by atoms with E-state index in [1.165, 1.54) is 7.11 Å². The summed E-state index contributed by atoms with van der Waals surface area (Å²) in [5.74, 6) is 1.14. The molecule has 3 fully saturated rings. The zero-order valence-corrected chi connectivity index (χ0v) is 41.3. The molecule has 14 nitrogen and oxygen atoms in total. The number of nitrogens with zero attached hydrogens (tertiary/aromatic N) is 6. The molecule has 1 saturated heterocycles. The van der Waals surface area contributed by atoms with Crippen molar-refractivity contribution >= 4 is 29.0 Å². The number of methoxy groups -OCH3 is 1. The van der Waals surface area contributed by atoms with Crippen molar-refractivity contribution in [1.29, 1.82) is 10.7 Å². The van der Waals surface area contributed by atoms with E-state index in [1.54, 1.807) is 60.2 Å². The number of amidine groups is 1. The van der Waals surface area contributed by atoms with E-state index in [0.717, 1.165) is 74.1 Å². The van der Waals surface area contributed by atoms with Crippen molar-refractivity contribution in [2.75, 3.05) is 49.6 Å². The van der Waals surface area contributed by atoms with Gasteiger partial charge in [0.1, 0.15) is 29.5 Å². The number of nitrogens with one attached hydrogen (secondary N) is 3. The van der Waals surface area contributed by atoms with Gasteiger partial charge >= 0.3 is 0 Å². The van der Waals surface area contributed by atoms with E-state index in [2.05, 4.69) is 54.4 Å². The number of aryl methyl sites for hydroxylation is 2. The molecule has 70 heavy (non-hydrogen) atoms. The van der Waals surface area contributed by atoms with Crippen molar-refractivity contribution in [1.82, 2.24) is 25.3 Å². The molecule has 370 valence electrons. The predicted molar refractivity (Wildman–Crippen MR) is 265 cm³/mol. The monoisotopic (exact) mass is 958 g/mol. The fourth-order valence-electron chi connectivity index (χ4n) is 11.9. The number of hydrogen-bond donors (Lipinski definition) is 3. The van der Waals surface area contributed by atoms with Crippen molar-refractivity contribution in [2.45, 2.75) is 116 Å². The maximum Gasteiger partial charge on any atom is 0.264 e. The summed E-state index contributed by atoms with van der Waals surface area (Å²) in [7, 11) is 3.29. The summed E-state index contributed by atoms with van der Waals surface area (Å²) in [5.41, 5.74) is 5.59. The normalized spacial score (nSPS) is 22.9. The largest absolute Gasteiger partial charge is 0.495 e. The van der Waals surface area contributed by atoms with Crippen molar-refractivity contribution in [3.63, 3.8) is 0 Å². The maximum atomic E-state index is 14.6. The second kappa shape index (κ2) is 19.4. The third kappa shape index (κ3) is 9.44. The second-order valence-corrected chi connectivity index (χ2v) is 20.9. The number of halogens is 2. The van der Waals surface area contributed by atoms with Gasteiger partial charge in [-0.05, 0) is 98.2 Å². The van der Waals surface area contributed by atoms with E-state index >= 15 is 0 Å². The first-order valence-electron chi connectivity index (χ1n) is 24.6. The molecule has 4 heterocycles. The Morgan fingerprint density at radius 1 is 0.957 bits per heavy atom. The van der Waals surface area contributed by atoms with Gasteiger partial charge in [0.25, 0.3) is 12.3 Å². The summed E-state index contributed by atoms with van der Waals surface area (Å²) < 4.78 is 49.3. The van der Waals surface area contributed by atoms with Crippen molar-refractivity contribution < 1.29 is 32.6 Å². The lowest BCUT2D eigenvalue weighted by Gasteiger charge is -2.63. The molecule has 0 radical (unpaired) electrons. The number of ether oxygens (including phenoxy) is 3. The molecule has 0 bridgehead atoms. The molecule has 0 atom stereocenters. The number of aromatic nitrogens is 2. The number of benzene rings is 3. The van der Waals surface area contributed by atoms with Gasteiger partial charge < -0.3 is 39.5 Å². The summed E-state index contributed by atoms with van der Waals surface area (Å²) in [6.07, 6.45) is 6.40. The zero-order chi connectivity index (χ0) is 49.6. The van der Waals surface area contributed by atoms with Crippen LogP contribution in [0.1, 0.15) is 107 Å². The molecule has 1 aromatic heterocycles. The zero-order valence-electron chi connectivity index (χ0n) is 41.3. The Balaban J connectivity index is 0.770. The topological polar surface area (TPSA) is 161 Å². The maximum absolute atomic E-state index is 14.6. The van der Waals surface area contributed by atoms with E-state index in [9.17, 15) is 29.0 Å². The Hall–Kier alpha value is -6.47. The lowest BCUT2D eigenvalue weighted by Crippen LogP contribution is -2.74. The van der Waals surface area contributed by atoms with Crippen LogP contribution in [0.4, 0.5) is 20.2 Å². The summed E-state index contributed by atoms with van der Waals surface area (Å²) in [5, 5.41) is 30.3. The Morgan fingerprint density at radius 2 is 1.69 bits per heavy atom. The Kier molecular flexibility index (Phi) is 13.4. The summed E-state index contributed by atoms with van der Waals surface area (Å²) in [4.78, 5) is 32.1. The van der Waals surface area contributed by atoms with E-state index in [1.807, 2.05) is 35.2 Å². The van der Waals surface area contributed by atoms with Crippen molar-refractivity contribution in [2.24, 2.45) is 17.9 Å². The molecule has 4 aromatic rings. The standard InChI is InChI=1S/C54H65F2N9O5/c1-32(66)63-22-20-45(44(31-63)49(58)65-21-8-9-34-23-42(36-27-59-62(6)28-36)43(48(55)56)25-46(34)65)60-37-13-18-39(19-14-37)69-41-29-64(30-41)38-15-10-33(11-16-38)50(67)61-51-53(2,3)52(54(51,4)5)70-40-17-12-35(26-57)47(24-40)68-7/h10-12,15-17,23-25,27-28,37,39,41,48,51-52,58,60H,8-9,13-14,18-22,29-31H2,1-7H3,(H,61,67). The van der Waals surface area contributed by atoms with Gasteiger partial charge in [-0.3, -0.25) is 19.7 Å². The highest BCUT2D eigenvalue weighted by Gasteiger charge is 2.64. The predicted octanol–water partition coefficient (Wildman–Crippen LogP) is 8.56. The molecule has 9 rings (SSSR count). The summed E-state index contributed by atoms with van der Waals surface area (Å²) >= 11 is 0. The molecular weight excluding hydrogens is 893 g/mol. The van der Waals surface area contributed by atoms with Gasteiger partial charge in [-0.25, -0.2) is 8.78 Å². The number of hydrogen-bond acceptors (Lipinski definition) is 10. The van der Waals surface area contributed by atoms with Gasteiger partial charge in [-0.15, -0.1) is 0 Å². The summed E-state index contributed by atoms with van der Waals surface area (Å²) in [6, 6.07) is 18.5. The van der Waals surface area contributed by atoms with Crippen molar-refractivity contribution in [3.8, 4) is 28.7 Å². The molecule has 3 aromatic carbocycles. The smallest absolute Gasteiger partial charge is 0.264 e. The van der Waals surface area contributed by atoms with Crippen molar-refractivity contribution in [3.05, 3.63) is 101 Å². The van der Waals surface area contributed by atoms with Crippen LogP contribution in [0.25, 0.3) is 11.1 Å². The highest BCUT2D eigenvalue weighted by Crippen LogP contribution is 2.56. The Labute approximate surface area is 409 Å². The van der Waals surface area contributed by atoms with Gasteiger partial charge in [-0.1, -0.05) is 27.7 Å². The molecule has 2 aliphatic carbocycles. The molecule has 0 unspecified atom stereocenters. The average molecular weight is 958 g/mol. The SMILES string of the molecule is COc1cc(OC2C(C)(C)C(NC(=O)c3ccc(N4CC(OC5CCC(NC6=C(C(=N)N7CCCc8cc(-c9cnn(C)c9)c(C(F)F)cc87)CN(C(C)=O)CC6)CC5)C4)cc3)C2(C)C)ccc1C#N. The number of rotatable bonds is 13. The van der Waals surface area contributed by atoms with Crippen LogP contribution < -0.4 is 29.9 Å². The number of anilines is 2.